The van der Waals surface area contributed by atoms with Crippen molar-refractivity contribution in [2.45, 2.75) is 46.5 Å². The van der Waals surface area contributed by atoms with Gasteiger partial charge in [-0.05, 0) is 38.5 Å². The lowest BCUT2D eigenvalue weighted by Gasteiger charge is -2.30. The van der Waals surface area contributed by atoms with Crippen LogP contribution in [0.15, 0.2) is 0 Å². The SMILES string of the molecule is CCOC(=O)C(C(=O)OCC)C1CCCC(C)C1. The monoisotopic (exact) mass is 256 g/mol. The van der Waals surface area contributed by atoms with E-state index >= 15 is 0 Å². The van der Waals surface area contributed by atoms with Crippen LogP contribution in [0.4, 0.5) is 0 Å². The minimum Gasteiger partial charge on any atom is -0.465 e. The van der Waals surface area contributed by atoms with E-state index in [0.717, 1.165) is 19.3 Å². The van der Waals surface area contributed by atoms with Crippen LogP contribution < -0.4 is 0 Å². The van der Waals surface area contributed by atoms with Crippen molar-refractivity contribution in [2.75, 3.05) is 13.2 Å². The van der Waals surface area contributed by atoms with Crippen LogP contribution in [0.3, 0.4) is 0 Å². The third-order valence-corrected chi connectivity index (χ3v) is 3.53. The average Bonchev–Trinajstić information content (AvgIpc) is 2.30. The summed E-state index contributed by atoms with van der Waals surface area (Å²) in [7, 11) is 0. The summed E-state index contributed by atoms with van der Waals surface area (Å²) in [4.78, 5) is 23.9. The Kier molecular flexibility index (Phi) is 6.16. The molecule has 4 heteroatoms. The van der Waals surface area contributed by atoms with E-state index in [0.29, 0.717) is 19.1 Å². The number of hydrogen-bond acceptors (Lipinski definition) is 4. The van der Waals surface area contributed by atoms with E-state index < -0.39 is 17.9 Å². The molecule has 2 unspecified atom stereocenters. The van der Waals surface area contributed by atoms with Crippen LogP contribution in [0.5, 0.6) is 0 Å². The largest absolute Gasteiger partial charge is 0.465 e. The molecule has 1 rings (SSSR count). The zero-order chi connectivity index (χ0) is 13.5. The summed E-state index contributed by atoms with van der Waals surface area (Å²) in [5.74, 6) is -0.931. The second-order valence-corrected chi connectivity index (χ2v) is 5.01. The molecule has 0 heterocycles. The van der Waals surface area contributed by atoms with Gasteiger partial charge in [-0.25, -0.2) is 0 Å². The van der Waals surface area contributed by atoms with Crippen molar-refractivity contribution in [2.24, 2.45) is 17.8 Å². The van der Waals surface area contributed by atoms with Crippen molar-refractivity contribution in [1.29, 1.82) is 0 Å². The molecule has 0 amide bonds. The zero-order valence-electron chi connectivity index (χ0n) is 11.6. The maximum atomic E-state index is 11.9. The second kappa shape index (κ2) is 7.39. The van der Waals surface area contributed by atoms with Crippen molar-refractivity contribution in [3.8, 4) is 0 Å². The number of esters is 2. The highest BCUT2D eigenvalue weighted by molar-refractivity contribution is 5.95. The molecule has 0 saturated heterocycles. The van der Waals surface area contributed by atoms with Gasteiger partial charge < -0.3 is 9.47 Å². The van der Waals surface area contributed by atoms with Crippen LogP contribution in [-0.2, 0) is 19.1 Å². The molecule has 1 fully saturated rings. The summed E-state index contributed by atoms with van der Waals surface area (Å²) in [5.41, 5.74) is 0. The van der Waals surface area contributed by atoms with E-state index in [-0.39, 0.29) is 5.92 Å². The molecule has 0 N–H and O–H groups in total. The molecule has 2 atom stereocenters. The molecule has 4 nitrogen and oxygen atoms in total. The average molecular weight is 256 g/mol. The van der Waals surface area contributed by atoms with Crippen LogP contribution in [0.2, 0.25) is 0 Å². The van der Waals surface area contributed by atoms with Gasteiger partial charge in [0.1, 0.15) is 0 Å². The summed E-state index contributed by atoms with van der Waals surface area (Å²) in [6, 6.07) is 0. The first-order chi connectivity index (χ1) is 8.60. The molecule has 0 radical (unpaired) electrons. The topological polar surface area (TPSA) is 52.6 Å². The van der Waals surface area contributed by atoms with E-state index in [2.05, 4.69) is 6.92 Å². The highest BCUT2D eigenvalue weighted by Gasteiger charge is 2.39. The summed E-state index contributed by atoms with van der Waals surface area (Å²) in [5, 5.41) is 0. The van der Waals surface area contributed by atoms with Crippen molar-refractivity contribution in [3.63, 3.8) is 0 Å². The summed E-state index contributed by atoms with van der Waals surface area (Å²) in [6.45, 7) is 6.28. The molecule has 1 aliphatic carbocycles. The third-order valence-electron chi connectivity index (χ3n) is 3.53. The van der Waals surface area contributed by atoms with Gasteiger partial charge in [-0.1, -0.05) is 19.8 Å². The predicted octanol–water partition coefficient (Wildman–Crippen LogP) is 2.56. The lowest BCUT2D eigenvalue weighted by molar-refractivity contribution is -0.165. The minimum atomic E-state index is -0.729. The van der Waals surface area contributed by atoms with E-state index in [4.69, 9.17) is 9.47 Å². The highest BCUT2D eigenvalue weighted by Crippen LogP contribution is 2.34. The van der Waals surface area contributed by atoms with Crippen LogP contribution in [0, 0.1) is 17.8 Å². The fourth-order valence-electron chi connectivity index (χ4n) is 2.73. The number of rotatable bonds is 5. The fourth-order valence-corrected chi connectivity index (χ4v) is 2.73. The number of carbonyl (C=O) groups excluding carboxylic acids is 2. The first kappa shape index (κ1) is 15.0. The van der Waals surface area contributed by atoms with Gasteiger partial charge in [0.2, 0.25) is 0 Å². The van der Waals surface area contributed by atoms with Crippen molar-refractivity contribution in [1.82, 2.24) is 0 Å². The Morgan fingerprint density at radius 1 is 1.11 bits per heavy atom. The Morgan fingerprint density at radius 3 is 2.11 bits per heavy atom. The van der Waals surface area contributed by atoms with Crippen molar-refractivity contribution >= 4 is 11.9 Å². The fraction of sp³-hybridized carbons (Fsp3) is 0.857. The van der Waals surface area contributed by atoms with Gasteiger partial charge in [0.15, 0.2) is 5.92 Å². The standard InChI is InChI=1S/C14H24O4/c1-4-17-13(15)12(14(16)18-5-2)11-8-6-7-10(3)9-11/h10-12H,4-9H2,1-3H3. The zero-order valence-corrected chi connectivity index (χ0v) is 11.6. The molecular weight excluding hydrogens is 232 g/mol. The normalized spacial score (nSPS) is 23.8. The van der Waals surface area contributed by atoms with Crippen LogP contribution in [0.1, 0.15) is 46.5 Å². The van der Waals surface area contributed by atoms with E-state index in [1.807, 2.05) is 0 Å². The van der Waals surface area contributed by atoms with Gasteiger partial charge in [0, 0.05) is 0 Å². The summed E-state index contributed by atoms with van der Waals surface area (Å²) >= 11 is 0. The number of carbonyl (C=O) groups is 2. The summed E-state index contributed by atoms with van der Waals surface area (Å²) < 4.78 is 10.0. The maximum Gasteiger partial charge on any atom is 0.320 e. The molecule has 0 aromatic rings. The smallest absolute Gasteiger partial charge is 0.320 e. The van der Waals surface area contributed by atoms with Gasteiger partial charge in [-0.2, -0.15) is 0 Å². The van der Waals surface area contributed by atoms with Gasteiger partial charge in [0.25, 0.3) is 0 Å². The van der Waals surface area contributed by atoms with Crippen LogP contribution in [0.25, 0.3) is 0 Å². The highest BCUT2D eigenvalue weighted by atomic mass is 16.6. The van der Waals surface area contributed by atoms with Gasteiger partial charge in [-0.3, -0.25) is 9.59 Å². The lowest BCUT2D eigenvalue weighted by Crippen LogP contribution is -2.36. The molecule has 0 aromatic heterocycles. The Balaban J connectivity index is 2.75. The third kappa shape index (κ3) is 4.00. The Labute approximate surface area is 109 Å². The minimum absolute atomic E-state index is 0.0758. The molecule has 0 spiro atoms. The number of hydrogen-bond donors (Lipinski definition) is 0. The van der Waals surface area contributed by atoms with Gasteiger partial charge in [-0.15, -0.1) is 0 Å². The molecule has 1 saturated carbocycles. The molecule has 0 aliphatic heterocycles. The van der Waals surface area contributed by atoms with Crippen molar-refractivity contribution in [3.05, 3.63) is 0 Å². The second-order valence-electron chi connectivity index (χ2n) is 5.01. The molecule has 0 aromatic carbocycles. The van der Waals surface area contributed by atoms with E-state index in [1.54, 1.807) is 13.8 Å². The Morgan fingerprint density at radius 2 is 1.67 bits per heavy atom. The molecule has 0 bridgehead atoms. The quantitative estimate of drug-likeness (QED) is 0.560. The lowest BCUT2D eigenvalue weighted by atomic mass is 9.75. The maximum absolute atomic E-state index is 11.9. The van der Waals surface area contributed by atoms with Gasteiger partial charge in [0.05, 0.1) is 13.2 Å². The molecule has 104 valence electrons. The summed E-state index contributed by atoms with van der Waals surface area (Å²) in [6.07, 6.45) is 4.06. The van der Waals surface area contributed by atoms with E-state index in [9.17, 15) is 9.59 Å². The first-order valence-electron chi connectivity index (χ1n) is 6.93. The van der Waals surface area contributed by atoms with Crippen molar-refractivity contribution < 1.29 is 19.1 Å². The van der Waals surface area contributed by atoms with Crippen LogP contribution in [-0.4, -0.2) is 25.2 Å². The van der Waals surface area contributed by atoms with Gasteiger partial charge >= 0.3 is 11.9 Å². The molecule has 1 aliphatic rings. The molecular formula is C14H24O4. The number of ether oxygens (including phenoxy) is 2. The molecule has 18 heavy (non-hydrogen) atoms. The first-order valence-corrected chi connectivity index (χ1v) is 6.93. The van der Waals surface area contributed by atoms with E-state index in [1.165, 1.54) is 6.42 Å². The Hall–Kier alpha value is -1.06. The Bertz CT molecular complexity index is 270. The predicted molar refractivity (Wildman–Crippen MR) is 67.9 cm³/mol. The van der Waals surface area contributed by atoms with Crippen LogP contribution >= 0.6 is 0 Å².